The van der Waals surface area contributed by atoms with E-state index in [0.29, 0.717) is 6.42 Å². The minimum Gasteiger partial charge on any atom is -0.361 e. The van der Waals surface area contributed by atoms with Gasteiger partial charge in [0, 0.05) is 35.5 Å². The van der Waals surface area contributed by atoms with Crippen molar-refractivity contribution in [2.75, 3.05) is 0 Å². The van der Waals surface area contributed by atoms with Crippen LogP contribution < -0.4 is 5.32 Å². The number of amides is 1. The van der Waals surface area contributed by atoms with E-state index >= 15 is 0 Å². The van der Waals surface area contributed by atoms with Crippen molar-refractivity contribution in [2.24, 2.45) is 0 Å². The van der Waals surface area contributed by atoms with Gasteiger partial charge in [-0.25, -0.2) is 0 Å². The fourth-order valence-electron chi connectivity index (χ4n) is 3.48. The molecule has 1 amide bonds. The number of carbonyl (C=O) groups excluding carboxylic acids is 1. The minimum absolute atomic E-state index is 0.0424. The number of nitrogens with one attached hydrogen (secondary N) is 2. The normalized spacial score (nSPS) is 12.5. The fraction of sp³-hybridized carbons (Fsp3) is 0.318. The Hall–Kier alpha value is -2.55. The van der Waals surface area contributed by atoms with E-state index in [1.54, 1.807) is 0 Å². The molecular formula is C22H26N2O. The average molecular weight is 334 g/mol. The van der Waals surface area contributed by atoms with Gasteiger partial charge < -0.3 is 10.3 Å². The van der Waals surface area contributed by atoms with Crippen LogP contribution in [0.3, 0.4) is 0 Å². The minimum atomic E-state index is 0.0424. The van der Waals surface area contributed by atoms with Crippen LogP contribution in [0.25, 0.3) is 10.9 Å². The summed E-state index contributed by atoms with van der Waals surface area (Å²) in [5.41, 5.74) is 4.85. The number of aryl methyl sites for hydroxylation is 1. The molecule has 1 aromatic heterocycles. The number of H-pyrrole nitrogens is 1. The Labute approximate surface area is 149 Å². The molecule has 3 rings (SSSR count). The number of aromatic amines is 1. The van der Waals surface area contributed by atoms with Crippen LogP contribution in [-0.2, 0) is 11.2 Å². The summed E-state index contributed by atoms with van der Waals surface area (Å²) in [6.45, 7) is 6.16. The van der Waals surface area contributed by atoms with Gasteiger partial charge in [-0.15, -0.1) is 0 Å². The van der Waals surface area contributed by atoms with E-state index in [0.717, 1.165) is 6.42 Å². The third kappa shape index (κ3) is 3.76. The summed E-state index contributed by atoms with van der Waals surface area (Å²) in [7, 11) is 0. The highest BCUT2D eigenvalue weighted by Gasteiger charge is 2.22. The first-order chi connectivity index (χ1) is 12.1. The standard InChI is InChI=1S/C22H26N2O/c1-4-16-11-8-12-18-20(14-23-22(16)18)19(13-21(25)24-15(2)3)17-9-6-5-7-10-17/h5-12,14-15,19,23H,4,13H2,1-3H3,(H,24,25). The van der Waals surface area contributed by atoms with E-state index in [9.17, 15) is 4.79 Å². The molecule has 0 aliphatic rings. The maximum absolute atomic E-state index is 12.5. The highest BCUT2D eigenvalue weighted by atomic mass is 16.1. The maximum atomic E-state index is 12.5. The Kier molecular flexibility index (Phi) is 5.22. The number of benzene rings is 2. The molecule has 1 heterocycles. The zero-order valence-electron chi connectivity index (χ0n) is 15.2. The van der Waals surface area contributed by atoms with Crippen LogP contribution in [0.5, 0.6) is 0 Å². The zero-order valence-corrected chi connectivity index (χ0v) is 15.2. The zero-order chi connectivity index (χ0) is 17.8. The van der Waals surface area contributed by atoms with Gasteiger partial charge in [-0.1, -0.05) is 55.5 Å². The third-order valence-corrected chi connectivity index (χ3v) is 4.63. The number of para-hydroxylation sites is 1. The second-order valence-electron chi connectivity index (χ2n) is 6.83. The number of hydrogen-bond acceptors (Lipinski definition) is 1. The number of rotatable bonds is 6. The van der Waals surface area contributed by atoms with Crippen molar-refractivity contribution in [3.8, 4) is 0 Å². The second kappa shape index (κ2) is 7.56. The predicted molar refractivity (Wildman–Crippen MR) is 104 cm³/mol. The highest BCUT2D eigenvalue weighted by molar-refractivity contribution is 5.88. The van der Waals surface area contributed by atoms with E-state index in [1.165, 1.54) is 27.6 Å². The van der Waals surface area contributed by atoms with Gasteiger partial charge in [0.1, 0.15) is 0 Å². The van der Waals surface area contributed by atoms with Gasteiger partial charge in [-0.05, 0) is 37.0 Å². The Morgan fingerprint density at radius 1 is 1.08 bits per heavy atom. The van der Waals surface area contributed by atoms with Gasteiger partial charge >= 0.3 is 0 Å². The Bertz CT molecular complexity index is 849. The van der Waals surface area contributed by atoms with Crippen molar-refractivity contribution in [3.63, 3.8) is 0 Å². The number of hydrogen-bond donors (Lipinski definition) is 2. The van der Waals surface area contributed by atoms with Crippen LogP contribution in [0.15, 0.2) is 54.7 Å². The molecule has 25 heavy (non-hydrogen) atoms. The van der Waals surface area contributed by atoms with E-state index in [4.69, 9.17) is 0 Å². The summed E-state index contributed by atoms with van der Waals surface area (Å²) in [4.78, 5) is 15.9. The van der Waals surface area contributed by atoms with Crippen molar-refractivity contribution in [1.82, 2.24) is 10.3 Å². The molecule has 130 valence electrons. The summed E-state index contributed by atoms with van der Waals surface area (Å²) >= 11 is 0. The largest absolute Gasteiger partial charge is 0.361 e. The van der Waals surface area contributed by atoms with Crippen molar-refractivity contribution >= 4 is 16.8 Å². The molecule has 0 spiro atoms. The van der Waals surface area contributed by atoms with Gasteiger partial charge in [-0.3, -0.25) is 4.79 Å². The fourth-order valence-corrected chi connectivity index (χ4v) is 3.48. The lowest BCUT2D eigenvalue weighted by atomic mass is 9.87. The summed E-state index contributed by atoms with van der Waals surface area (Å²) < 4.78 is 0. The molecule has 3 heteroatoms. The Morgan fingerprint density at radius 3 is 2.52 bits per heavy atom. The molecule has 0 fully saturated rings. The third-order valence-electron chi connectivity index (χ3n) is 4.63. The number of aromatic nitrogens is 1. The second-order valence-corrected chi connectivity index (χ2v) is 6.83. The first-order valence-corrected chi connectivity index (χ1v) is 9.03. The maximum Gasteiger partial charge on any atom is 0.221 e. The predicted octanol–water partition coefficient (Wildman–Crippen LogP) is 4.78. The quantitative estimate of drug-likeness (QED) is 0.669. The monoisotopic (exact) mass is 334 g/mol. The Morgan fingerprint density at radius 2 is 1.84 bits per heavy atom. The topological polar surface area (TPSA) is 44.9 Å². The van der Waals surface area contributed by atoms with E-state index in [-0.39, 0.29) is 17.9 Å². The number of fused-ring (bicyclic) bond motifs is 1. The van der Waals surface area contributed by atoms with E-state index in [2.05, 4.69) is 53.8 Å². The van der Waals surface area contributed by atoms with Crippen molar-refractivity contribution in [3.05, 3.63) is 71.4 Å². The first-order valence-electron chi connectivity index (χ1n) is 9.03. The van der Waals surface area contributed by atoms with Gasteiger partial charge in [0.2, 0.25) is 5.91 Å². The molecule has 0 radical (unpaired) electrons. The molecule has 0 aliphatic heterocycles. The smallest absolute Gasteiger partial charge is 0.221 e. The number of carbonyl (C=O) groups is 1. The summed E-state index contributed by atoms with van der Waals surface area (Å²) in [5.74, 6) is 0.130. The van der Waals surface area contributed by atoms with Crippen LogP contribution in [0.1, 0.15) is 49.8 Å². The van der Waals surface area contributed by atoms with Gasteiger partial charge in [0.15, 0.2) is 0 Å². The van der Waals surface area contributed by atoms with Crippen molar-refractivity contribution in [1.29, 1.82) is 0 Å². The molecule has 0 bridgehead atoms. The molecule has 0 saturated heterocycles. The van der Waals surface area contributed by atoms with Crippen LogP contribution >= 0.6 is 0 Å². The van der Waals surface area contributed by atoms with Crippen LogP contribution in [0.4, 0.5) is 0 Å². The van der Waals surface area contributed by atoms with Crippen molar-refractivity contribution in [2.45, 2.75) is 45.6 Å². The first kappa shape index (κ1) is 17.3. The van der Waals surface area contributed by atoms with Crippen LogP contribution in [0, 0.1) is 0 Å². The lowest BCUT2D eigenvalue weighted by Crippen LogP contribution is -2.31. The lowest BCUT2D eigenvalue weighted by molar-refractivity contribution is -0.121. The molecule has 1 unspecified atom stereocenters. The SMILES string of the molecule is CCc1cccc2c(C(CC(=O)NC(C)C)c3ccccc3)c[nH]c12. The van der Waals surface area contributed by atoms with Gasteiger partial charge in [0.05, 0.1) is 0 Å². The lowest BCUT2D eigenvalue weighted by Gasteiger charge is -2.18. The molecule has 1 atom stereocenters. The van der Waals surface area contributed by atoms with Gasteiger partial charge in [-0.2, -0.15) is 0 Å². The molecule has 2 aromatic carbocycles. The molecular weight excluding hydrogens is 308 g/mol. The average Bonchev–Trinajstić information content (AvgIpc) is 3.03. The van der Waals surface area contributed by atoms with Gasteiger partial charge in [0.25, 0.3) is 0 Å². The molecule has 3 aromatic rings. The molecule has 2 N–H and O–H groups in total. The van der Waals surface area contributed by atoms with Crippen molar-refractivity contribution < 1.29 is 4.79 Å². The summed E-state index contributed by atoms with van der Waals surface area (Å²) in [6, 6.07) is 16.9. The van der Waals surface area contributed by atoms with Crippen LogP contribution in [-0.4, -0.2) is 16.9 Å². The van der Waals surface area contributed by atoms with Crippen LogP contribution in [0.2, 0.25) is 0 Å². The Balaban J connectivity index is 2.04. The molecule has 3 nitrogen and oxygen atoms in total. The summed E-state index contributed by atoms with van der Waals surface area (Å²) in [5, 5.41) is 4.24. The van der Waals surface area contributed by atoms with E-state index in [1.807, 2.05) is 32.0 Å². The molecule has 0 saturated carbocycles. The summed E-state index contributed by atoms with van der Waals surface area (Å²) in [6.07, 6.45) is 3.51. The highest BCUT2D eigenvalue weighted by Crippen LogP contribution is 2.34. The molecule has 0 aliphatic carbocycles. The van der Waals surface area contributed by atoms with E-state index < -0.39 is 0 Å².